The van der Waals surface area contributed by atoms with Crippen molar-refractivity contribution in [3.05, 3.63) is 0 Å². The summed E-state index contributed by atoms with van der Waals surface area (Å²) in [6.07, 6.45) is 2.59. The van der Waals surface area contributed by atoms with Gasteiger partial charge in [-0.25, -0.2) is 0 Å². The molecule has 1 N–H and O–H groups in total. The molecule has 1 saturated heterocycles. The van der Waals surface area contributed by atoms with Gasteiger partial charge in [0.1, 0.15) is 0 Å². The molecule has 0 aromatic carbocycles. The number of hydrogen-bond donors (Lipinski definition) is 1. The van der Waals surface area contributed by atoms with Crippen molar-refractivity contribution in [2.75, 3.05) is 46.9 Å². The van der Waals surface area contributed by atoms with E-state index in [-0.39, 0.29) is 0 Å². The zero-order valence-corrected chi connectivity index (χ0v) is 14.7. The molecule has 7 heteroatoms. The lowest BCUT2D eigenvalue weighted by Crippen LogP contribution is -2.47. The van der Waals surface area contributed by atoms with Crippen LogP contribution in [0, 0.1) is 5.92 Å². The normalized spacial score (nSPS) is 18.8. The fourth-order valence-corrected chi connectivity index (χ4v) is 3.92. The van der Waals surface area contributed by atoms with Gasteiger partial charge in [-0.15, -0.1) is 0 Å². The zero-order chi connectivity index (χ0) is 15.9. The summed E-state index contributed by atoms with van der Waals surface area (Å²) in [6.45, 7) is 7.59. The Kier molecular flexibility index (Phi) is 8.12. The van der Waals surface area contributed by atoms with E-state index in [9.17, 15) is 8.42 Å². The molecule has 0 bridgehead atoms. The highest BCUT2D eigenvalue weighted by molar-refractivity contribution is 7.86. The number of rotatable bonds is 9. The van der Waals surface area contributed by atoms with E-state index < -0.39 is 10.2 Å². The minimum absolute atomic E-state index is 0.485. The summed E-state index contributed by atoms with van der Waals surface area (Å²) in [6, 6.07) is 0.485. The van der Waals surface area contributed by atoms with E-state index in [1.165, 1.54) is 4.31 Å². The lowest BCUT2D eigenvalue weighted by molar-refractivity contribution is 0.187. The Hall–Kier alpha value is -0.210. The second-order valence-electron chi connectivity index (χ2n) is 6.08. The van der Waals surface area contributed by atoms with Gasteiger partial charge in [-0.05, 0) is 31.7 Å². The molecule has 6 nitrogen and oxygen atoms in total. The van der Waals surface area contributed by atoms with Gasteiger partial charge in [0.05, 0.1) is 0 Å². The van der Waals surface area contributed by atoms with Crippen molar-refractivity contribution in [2.45, 2.75) is 39.2 Å². The van der Waals surface area contributed by atoms with Crippen LogP contribution in [-0.4, -0.2) is 70.0 Å². The molecule has 126 valence electrons. The van der Waals surface area contributed by atoms with Gasteiger partial charge in [0.25, 0.3) is 10.2 Å². The highest BCUT2D eigenvalue weighted by Crippen LogP contribution is 2.20. The average molecular weight is 321 g/mol. The molecule has 1 aliphatic heterocycles. The fraction of sp³-hybridized carbons (Fsp3) is 1.00. The highest BCUT2D eigenvalue weighted by atomic mass is 32.2. The van der Waals surface area contributed by atoms with Gasteiger partial charge >= 0.3 is 0 Å². The van der Waals surface area contributed by atoms with Gasteiger partial charge in [-0.2, -0.15) is 17.0 Å². The molecule has 0 amide bonds. The summed E-state index contributed by atoms with van der Waals surface area (Å²) in [4.78, 5) is 0. The maximum absolute atomic E-state index is 12.4. The summed E-state index contributed by atoms with van der Waals surface area (Å²) in [5.74, 6) is 0.581. The van der Waals surface area contributed by atoms with E-state index >= 15 is 0 Å². The second-order valence-corrected chi connectivity index (χ2v) is 8.12. The molecule has 0 atom stereocenters. The van der Waals surface area contributed by atoms with Gasteiger partial charge in [0.15, 0.2) is 0 Å². The molecule has 0 aliphatic carbocycles. The number of ether oxygens (including phenoxy) is 1. The van der Waals surface area contributed by atoms with Crippen molar-refractivity contribution >= 4 is 10.2 Å². The first-order chi connectivity index (χ1) is 9.87. The van der Waals surface area contributed by atoms with Crippen LogP contribution in [0.1, 0.15) is 33.1 Å². The summed E-state index contributed by atoms with van der Waals surface area (Å²) >= 11 is 0. The standard InChI is InChI=1S/C14H31N3O3S/c1-13(2)15-12-14-6-9-17(10-7-14)21(18,19)16(3)8-5-11-20-4/h13-15H,5-12H2,1-4H3. The molecule has 0 unspecified atom stereocenters. The van der Waals surface area contributed by atoms with Crippen molar-refractivity contribution in [3.8, 4) is 0 Å². The predicted octanol–water partition coefficient (Wildman–Crippen LogP) is 0.910. The summed E-state index contributed by atoms with van der Waals surface area (Å²) in [5.41, 5.74) is 0. The van der Waals surface area contributed by atoms with Crippen LogP contribution in [0.25, 0.3) is 0 Å². The molecule has 1 aliphatic rings. The van der Waals surface area contributed by atoms with Crippen LogP contribution >= 0.6 is 0 Å². The van der Waals surface area contributed by atoms with Gasteiger partial charge in [-0.1, -0.05) is 13.8 Å². The molecule has 0 saturated carbocycles. The molecule has 1 fully saturated rings. The Bertz CT molecular complexity index is 379. The number of nitrogens with zero attached hydrogens (tertiary/aromatic N) is 2. The lowest BCUT2D eigenvalue weighted by Gasteiger charge is -2.34. The van der Waals surface area contributed by atoms with Crippen molar-refractivity contribution in [2.24, 2.45) is 5.92 Å². The summed E-state index contributed by atoms with van der Waals surface area (Å²) in [7, 11) is -0.0269. The number of methoxy groups -OCH3 is 1. The number of nitrogens with one attached hydrogen (secondary N) is 1. The van der Waals surface area contributed by atoms with Crippen LogP contribution in [0.2, 0.25) is 0 Å². The number of hydrogen-bond acceptors (Lipinski definition) is 4. The third-order valence-electron chi connectivity index (χ3n) is 3.93. The van der Waals surface area contributed by atoms with Gasteiger partial charge in [0.2, 0.25) is 0 Å². The Labute approximate surface area is 130 Å². The van der Waals surface area contributed by atoms with E-state index in [1.54, 1.807) is 18.5 Å². The smallest absolute Gasteiger partial charge is 0.281 e. The van der Waals surface area contributed by atoms with E-state index in [0.717, 1.165) is 25.8 Å². The Morgan fingerprint density at radius 3 is 2.48 bits per heavy atom. The van der Waals surface area contributed by atoms with Crippen molar-refractivity contribution in [1.29, 1.82) is 0 Å². The molecule has 0 radical (unpaired) electrons. The molecular weight excluding hydrogens is 290 g/mol. The first-order valence-electron chi connectivity index (χ1n) is 7.81. The van der Waals surface area contributed by atoms with E-state index in [1.807, 2.05) is 0 Å². The molecule has 1 heterocycles. The van der Waals surface area contributed by atoms with Crippen molar-refractivity contribution in [1.82, 2.24) is 13.9 Å². The van der Waals surface area contributed by atoms with Crippen LogP contribution < -0.4 is 5.32 Å². The molecule has 0 spiro atoms. The zero-order valence-electron chi connectivity index (χ0n) is 13.8. The minimum Gasteiger partial charge on any atom is -0.385 e. The summed E-state index contributed by atoms with van der Waals surface area (Å²) < 4.78 is 32.9. The van der Waals surface area contributed by atoms with Crippen molar-refractivity contribution in [3.63, 3.8) is 0 Å². The largest absolute Gasteiger partial charge is 0.385 e. The van der Waals surface area contributed by atoms with Crippen LogP contribution in [0.3, 0.4) is 0 Å². The Morgan fingerprint density at radius 1 is 1.33 bits per heavy atom. The maximum atomic E-state index is 12.4. The van der Waals surface area contributed by atoms with Crippen LogP contribution in [0.5, 0.6) is 0 Å². The van der Waals surface area contributed by atoms with Crippen LogP contribution in [-0.2, 0) is 14.9 Å². The maximum Gasteiger partial charge on any atom is 0.281 e. The van der Waals surface area contributed by atoms with Gasteiger partial charge in [-0.3, -0.25) is 0 Å². The second kappa shape index (κ2) is 9.05. The number of piperidine rings is 1. The van der Waals surface area contributed by atoms with Crippen LogP contribution in [0.15, 0.2) is 0 Å². The topological polar surface area (TPSA) is 61.9 Å². The first kappa shape index (κ1) is 18.8. The third-order valence-corrected chi connectivity index (χ3v) is 5.92. The Balaban J connectivity index is 2.40. The average Bonchev–Trinajstić information content (AvgIpc) is 2.45. The molecule has 0 aromatic rings. The quantitative estimate of drug-likeness (QED) is 0.641. The minimum atomic E-state index is -3.31. The SMILES string of the molecule is COCCCN(C)S(=O)(=O)N1CCC(CNC(C)C)CC1. The first-order valence-corrected chi connectivity index (χ1v) is 9.21. The highest BCUT2D eigenvalue weighted by Gasteiger charge is 2.30. The van der Waals surface area contributed by atoms with Crippen molar-refractivity contribution < 1.29 is 13.2 Å². The monoisotopic (exact) mass is 321 g/mol. The fourth-order valence-electron chi connectivity index (χ4n) is 2.49. The van der Waals surface area contributed by atoms with Gasteiger partial charge < -0.3 is 10.1 Å². The van der Waals surface area contributed by atoms with Crippen LogP contribution in [0.4, 0.5) is 0 Å². The van der Waals surface area contributed by atoms with Gasteiger partial charge in [0, 0.05) is 46.4 Å². The van der Waals surface area contributed by atoms with E-state index in [4.69, 9.17) is 4.74 Å². The Morgan fingerprint density at radius 2 is 1.95 bits per heavy atom. The summed E-state index contributed by atoms with van der Waals surface area (Å²) in [5, 5.41) is 3.43. The molecule has 21 heavy (non-hydrogen) atoms. The predicted molar refractivity (Wildman–Crippen MR) is 85.5 cm³/mol. The molecular formula is C14H31N3O3S. The molecule has 0 aromatic heterocycles. The third kappa shape index (κ3) is 6.20. The molecule has 1 rings (SSSR count). The van der Waals surface area contributed by atoms with E-state index in [0.29, 0.717) is 38.2 Å². The van der Waals surface area contributed by atoms with E-state index in [2.05, 4.69) is 19.2 Å². The lowest BCUT2D eigenvalue weighted by atomic mass is 9.98.